The molecule has 0 spiro atoms. The van der Waals surface area contributed by atoms with Crippen molar-refractivity contribution in [1.29, 1.82) is 0 Å². The van der Waals surface area contributed by atoms with Crippen LogP contribution in [-0.4, -0.2) is 19.4 Å². The van der Waals surface area contributed by atoms with Gasteiger partial charge < -0.3 is 4.40 Å². The minimum Gasteiger partial charge on any atom is -0.307 e. The molecule has 0 saturated heterocycles. The van der Waals surface area contributed by atoms with Gasteiger partial charge in [0.25, 0.3) is 0 Å². The monoisotopic (exact) mass is 544 g/mol. The first-order valence-electron chi connectivity index (χ1n) is 14.2. The Morgan fingerprint density at radius 1 is 0.756 bits per heavy atom. The molecule has 7 aromatic rings. The highest BCUT2D eigenvalue weighted by atomic mass is 19.1. The number of nitrogens with zero attached hydrogens (tertiary/aromatic N) is 5. The Labute approximate surface area is 239 Å². The molecule has 0 aliphatic carbocycles. The average Bonchev–Trinajstić information content (AvgIpc) is 3.21. The molecule has 0 unspecified atom stereocenters. The molecule has 3 aromatic carbocycles. The summed E-state index contributed by atoms with van der Waals surface area (Å²) in [6.07, 6.45) is 2.13. The summed E-state index contributed by atoms with van der Waals surface area (Å²) in [6.45, 7) is 17.2. The quantitative estimate of drug-likeness (QED) is 0.119. The first kappa shape index (κ1) is 25.8. The van der Waals surface area contributed by atoms with E-state index in [4.69, 9.17) is 15.0 Å². The molecule has 41 heavy (non-hydrogen) atoms. The lowest BCUT2D eigenvalue weighted by Crippen LogP contribution is -2.29. The maximum atomic E-state index is 14.6. The van der Waals surface area contributed by atoms with Crippen LogP contribution in [0.25, 0.3) is 60.4 Å². The largest absolute Gasteiger partial charge is 0.307 e. The van der Waals surface area contributed by atoms with E-state index in [1.165, 1.54) is 27.4 Å². The third kappa shape index (κ3) is 3.66. The number of hydrogen-bond donors (Lipinski definition) is 0. The van der Waals surface area contributed by atoms with Crippen LogP contribution in [0.2, 0.25) is 0 Å². The van der Waals surface area contributed by atoms with Gasteiger partial charge in [-0.3, -0.25) is 0 Å². The van der Waals surface area contributed by atoms with Gasteiger partial charge in [0, 0.05) is 33.2 Å². The van der Waals surface area contributed by atoms with Gasteiger partial charge in [-0.1, -0.05) is 41.5 Å². The topological polar surface area (TPSA) is 47.0 Å². The molecule has 0 amide bonds. The molecule has 7 rings (SSSR count). The fraction of sp³-hybridized carbons (Fsp3) is 0.314. The van der Waals surface area contributed by atoms with Crippen molar-refractivity contribution in [3.8, 4) is 11.4 Å². The number of aromatic nitrogens is 5. The van der Waals surface area contributed by atoms with Gasteiger partial charge in [0.05, 0.1) is 27.3 Å². The minimum absolute atomic E-state index is 0.229. The van der Waals surface area contributed by atoms with E-state index in [1.807, 2.05) is 6.07 Å². The number of rotatable bonds is 1. The summed E-state index contributed by atoms with van der Waals surface area (Å²) in [4.78, 5) is 14.9. The Kier molecular flexibility index (Phi) is 5.14. The predicted molar refractivity (Wildman–Crippen MR) is 165 cm³/mol. The van der Waals surface area contributed by atoms with Crippen molar-refractivity contribution in [3.63, 3.8) is 0 Å². The minimum atomic E-state index is -0.231. The second-order valence-corrected chi connectivity index (χ2v) is 13.6. The summed E-state index contributed by atoms with van der Waals surface area (Å²) < 4.78 is 19.2. The van der Waals surface area contributed by atoms with Crippen molar-refractivity contribution in [2.45, 2.75) is 66.2 Å². The zero-order valence-electron chi connectivity index (χ0n) is 25.2. The van der Waals surface area contributed by atoms with Crippen molar-refractivity contribution in [2.75, 3.05) is 0 Å². The Morgan fingerprint density at radius 3 is 2.10 bits per heavy atom. The predicted octanol–water partition coefficient (Wildman–Crippen LogP) is 8.02. The van der Waals surface area contributed by atoms with Crippen LogP contribution in [0.15, 0.2) is 48.7 Å². The molecule has 0 N–H and O–H groups in total. The summed E-state index contributed by atoms with van der Waals surface area (Å²) >= 11 is 0. The van der Waals surface area contributed by atoms with Gasteiger partial charge in [-0.25, -0.2) is 23.9 Å². The van der Waals surface area contributed by atoms with Crippen LogP contribution in [0.4, 0.5) is 4.39 Å². The third-order valence-corrected chi connectivity index (χ3v) is 8.46. The zero-order valence-corrected chi connectivity index (χ0v) is 25.2. The van der Waals surface area contributed by atoms with Gasteiger partial charge in [-0.05, 0) is 66.8 Å². The molecule has 0 atom stereocenters. The highest BCUT2D eigenvalue weighted by molar-refractivity contribution is 6.26. The maximum Gasteiger partial charge on any atom is 0.224 e. The highest BCUT2D eigenvalue weighted by Crippen LogP contribution is 2.43. The maximum absolute atomic E-state index is 14.6. The van der Waals surface area contributed by atoms with Crippen molar-refractivity contribution < 1.29 is 8.96 Å². The van der Waals surface area contributed by atoms with Gasteiger partial charge in [0.15, 0.2) is 12.0 Å². The highest BCUT2D eigenvalue weighted by Gasteiger charge is 2.28. The van der Waals surface area contributed by atoms with Gasteiger partial charge in [0.1, 0.15) is 24.5 Å². The number of benzene rings is 3. The van der Waals surface area contributed by atoms with Crippen LogP contribution in [0.5, 0.6) is 0 Å². The SMILES string of the molecule is Cc1cc2c3cc(F)ccc3n3c4cc(-c5nc(C(C)(C)C)nc(C(C)(C)C)n5)cc5cc[n+](C)c(c(c1C)c23)c54. The second kappa shape index (κ2) is 8.19. The molecule has 0 bridgehead atoms. The van der Waals surface area contributed by atoms with Crippen LogP contribution < -0.4 is 4.57 Å². The molecule has 4 heterocycles. The molecule has 0 saturated carbocycles. The summed E-state index contributed by atoms with van der Waals surface area (Å²) in [5, 5.41) is 5.48. The van der Waals surface area contributed by atoms with Gasteiger partial charge in [-0.2, -0.15) is 0 Å². The lowest BCUT2D eigenvalue weighted by molar-refractivity contribution is -0.643. The number of fused-ring (bicyclic) bond motifs is 5. The van der Waals surface area contributed by atoms with E-state index in [0.717, 1.165) is 49.9 Å². The normalized spacial score (nSPS) is 13.1. The van der Waals surface area contributed by atoms with Gasteiger partial charge in [0.2, 0.25) is 5.52 Å². The lowest BCUT2D eigenvalue weighted by atomic mass is 9.92. The summed E-state index contributed by atoms with van der Waals surface area (Å²) in [5.74, 6) is 2.00. The van der Waals surface area contributed by atoms with E-state index in [2.05, 4.69) is 102 Å². The number of halogens is 1. The zero-order chi connectivity index (χ0) is 29.2. The van der Waals surface area contributed by atoms with Gasteiger partial charge >= 0.3 is 0 Å². The summed E-state index contributed by atoms with van der Waals surface area (Å²) in [5.41, 5.74) is 7.25. The van der Waals surface area contributed by atoms with Crippen molar-refractivity contribution in [1.82, 2.24) is 19.4 Å². The van der Waals surface area contributed by atoms with Crippen molar-refractivity contribution in [3.05, 3.63) is 77.3 Å². The summed E-state index contributed by atoms with van der Waals surface area (Å²) in [7, 11) is 2.11. The molecule has 5 nitrogen and oxygen atoms in total. The van der Waals surface area contributed by atoms with E-state index in [9.17, 15) is 4.39 Å². The first-order chi connectivity index (χ1) is 19.2. The molecule has 6 heteroatoms. The average molecular weight is 545 g/mol. The Morgan fingerprint density at radius 2 is 1.44 bits per heavy atom. The standard InChI is InChI=1S/C35H35FN5/c1-18-14-24-23-17-22(36)10-11-25(23)41-26-16-21(31-37-32(34(3,4)5)39-33(38-31)35(6,7)8)15-20-12-13-40(9)30(28(20)26)27(19(18)2)29(24)41/h10-17H,1-9H3/q+1. The van der Waals surface area contributed by atoms with Gasteiger partial charge in [-0.15, -0.1) is 0 Å². The second-order valence-electron chi connectivity index (χ2n) is 13.6. The van der Waals surface area contributed by atoms with Crippen LogP contribution in [0.1, 0.15) is 64.3 Å². The summed E-state index contributed by atoms with van der Waals surface area (Å²) in [6, 6.07) is 13.9. The Hall–Kier alpha value is -4.19. The van der Waals surface area contributed by atoms with E-state index < -0.39 is 0 Å². The molecular formula is C35H35FN5+. The smallest absolute Gasteiger partial charge is 0.224 e. The molecule has 0 aliphatic heterocycles. The van der Waals surface area contributed by atoms with Crippen molar-refractivity contribution in [2.24, 2.45) is 7.05 Å². The van der Waals surface area contributed by atoms with E-state index in [-0.39, 0.29) is 16.6 Å². The first-order valence-corrected chi connectivity index (χ1v) is 14.2. The molecule has 4 aromatic heterocycles. The van der Waals surface area contributed by atoms with Crippen LogP contribution in [-0.2, 0) is 17.9 Å². The van der Waals surface area contributed by atoms with E-state index >= 15 is 0 Å². The Balaban J connectivity index is 1.72. The van der Waals surface area contributed by atoms with E-state index in [1.54, 1.807) is 12.1 Å². The molecule has 0 fully saturated rings. The number of pyridine rings is 2. The third-order valence-electron chi connectivity index (χ3n) is 8.46. The molecular weight excluding hydrogens is 509 g/mol. The fourth-order valence-electron chi connectivity index (χ4n) is 6.18. The van der Waals surface area contributed by atoms with E-state index in [0.29, 0.717) is 5.82 Å². The molecule has 0 aliphatic rings. The van der Waals surface area contributed by atoms with Crippen molar-refractivity contribution >= 4 is 49.0 Å². The van der Waals surface area contributed by atoms with Crippen LogP contribution >= 0.6 is 0 Å². The lowest BCUT2D eigenvalue weighted by Gasteiger charge is -2.23. The Bertz CT molecular complexity index is 2180. The molecule has 0 radical (unpaired) electrons. The van der Waals surface area contributed by atoms with Crippen LogP contribution in [0.3, 0.4) is 0 Å². The fourth-order valence-corrected chi connectivity index (χ4v) is 6.18. The number of hydrogen-bond acceptors (Lipinski definition) is 3. The molecule has 206 valence electrons. The van der Waals surface area contributed by atoms with Crippen LogP contribution in [0, 0.1) is 19.7 Å². The number of aryl methyl sites for hydroxylation is 3.